The summed E-state index contributed by atoms with van der Waals surface area (Å²) in [5.41, 5.74) is 4.43. The van der Waals surface area contributed by atoms with E-state index in [0.29, 0.717) is 0 Å². The lowest BCUT2D eigenvalue weighted by molar-refractivity contribution is -0.126. The van der Waals surface area contributed by atoms with Crippen molar-refractivity contribution in [2.24, 2.45) is 11.8 Å². The maximum absolute atomic E-state index is 11.9. The second kappa shape index (κ2) is 3.55. The highest BCUT2D eigenvalue weighted by Gasteiger charge is 2.40. The maximum Gasteiger partial charge on any atom is 0.163 e. The molecule has 0 saturated carbocycles. The van der Waals surface area contributed by atoms with Crippen LogP contribution in [0.1, 0.15) is 27.7 Å². The molecule has 2 atom stereocenters. The second-order valence-corrected chi connectivity index (χ2v) is 4.71. The van der Waals surface area contributed by atoms with E-state index in [-0.39, 0.29) is 23.4 Å². The zero-order chi connectivity index (χ0) is 12.0. The van der Waals surface area contributed by atoms with Crippen molar-refractivity contribution in [1.82, 2.24) is 0 Å². The predicted octanol–water partition coefficient (Wildman–Crippen LogP) is 2.61. The van der Waals surface area contributed by atoms with Crippen LogP contribution in [0.2, 0.25) is 0 Å². The minimum Gasteiger partial charge on any atom is -0.294 e. The summed E-state index contributed by atoms with van der Waals surface area (Å²) in [6, 6.07) is 0. The van der Waals surface area contributed by atoms with Crippen molar-refractivity contribution < 1.29 is 9.59 Å². The molecule has 2 heteroatoms. The summed E-state index contributed by atoms with van der Waals surface area (Å²) < 4.78 is 0. The number of carbonyl (C=O) groups excluding carboxylic acids is 2. The van der Waals surface area contributed by atoms with Gasteiger partial charge in [0.05, 0.1) is 11.8 Å². The summed E-state index contributed by atoms with van der Waals surface area (Å²) in [6.45, 7) is 7.99. The van der Waals surface area contributed by atoms with Gasteiger partial charge in [-0.2, -0.15) is 0 Å². The van der Waals surface area contributed by atoms with Gasteiger partial charge in [-0.25, -0.2) is 0 Å². The van der Waals surface area contributed by atoms with Gasteiger partial charge in [0.1, 0.15) is 0 Å². The Morgan fingerprint density at radius 3 is 1.38 bits per heavy atom. The Bertz CT molecular complexity index is 431. The molecule has 0 fully saturated rings. The summed E-state index contributed by atoms with van der Waals surface area (Å²) >= 11 is 0. The van der Waals surface area contributed by atoms with Crippen molar-refractivity contribution in [1.29, 1.82) is 0 Å². The minimum absolute atomic E-state index is 0.0632. The molecule has 0 aromatic heterocycles. The molecule has 0 aromatic rings. The van der Waals surface area contributed by atoms with Crippen molar-refractivity contribution in [3.63, 3.8) is 0 Å². The molecule has 84 valence electrons. The summed E-state index contributed by atoms with van der Waals surface area (Å²) in [5, 5.41) is 0. The van der Waals surface area contributed by atoms with Crippen molar-refractivity contribution in [3.05, 3.63) is 34.4 Å². The van der Waals surface area contributed by atoms with Crippen molar-refractivity contribution in [2.75, 3.05) is 0 Å². The summed E-state index contributed by atoms with van der Waals surface area (Å²) in [7, 11) is 0. The predicted molar refractivity (Wildman–Crippen MR) is 62.9 cm³/mol. The van der Waals surface area contributed by atoms with Crippen LogP contribution in [0.5, 0.6) is 0 Å². The SMILES string of the molecule is CC1=C(C)C2C(=O)C=CC(=O)C2C(C)=C1C. The van der Waals surface area contributed by atoms with Crippen molar-refractivity contribution in [2.45, 2.75) is 27.7 Å². The Kier molecular flexibility index (Phi) is 2.45. The Hall–Kier alpha value is -1.44. The Balaban J connectivity index is 2.64. The Morgan fingerprint density at radius 1 is 0.750 bits per heavy atom. The van der Waals surface area contributed by atoms with Crippen LogP contribution >= 0.6 is 0 Å². The van der Waals surface area contributed by atoms with Crippen LogP contribution in [0.25, 0.3) is 0 Å². The molecule has 0 spiro atoms. The van der Waals surface area contributed by atoms with E-state index >= 15 is 0 Å². The number of rotatable bonds is 0. The molecular weight excluding hydrogens is 200 g/mol. The molecule has 2 aliphatic rings. The largest absolute Gasteiger partial charge is 0.294 e. The van der Waals surface area contributed by atoms with Crippen molar-refractivity contribution in [3.8, 4) is 0 Å². The van der Waals surface area contributed by atoms with E-state index in [0.717, 1.165) is 22.3 Å². The molecular formula is C14H16O2. The van der Waals surface area contributed by atoms with Gasteiger partial charge >= 0.3 is 0 Å². The Morgan fingerprint density at radius 2 is 1.06 bits per heavy atom. The van der Waals surface area contributed by atoms with Crippen molar-refractivity contribution >= 4 is 11.6 Å². The average molecular weight is 216 g/mol. The number of allylic oxidation sites excluding steroid dienone is 6. The van der Waals surface area contributed by atoms with Gasteiger partial charge in [0.2, 0.25) is 0 Å². The molecule has 0 aromatic carbocycles. The highest BCUT2D eigenvalue weighted by molar-refractivity contribution is 6.10. The summed E-state index contributed by atoms with van der Waals surface area (Å²) in [4.78, 5) is 23.8. The van der Waals surface area contributed by atoms with Gasteiger partial charge in [0.25, 0.3) is 0 Å². The van der Waals surface area contributed by atoms with Crippen LogP contribution in [0.3, 0.4) is 0 Å². The lowest BCUT2D eigenvalue weighted by Crippen LogP contribution is -2.36. The lowest BCUT2D eigenvalue weighted by atomic mass is 9.67. The van der Waals surface area contributed by atoms with E-state index in [2.05, 4.69) is 0 Å². The molecule has 2 aliphatic carbocycles. The topological polar surface area (TPSA) is 34.1 Å². The third kappa shape index (κ3) is 1.33. The summed E-state index contributed by atoms with van der Waals surface area (Å²) in [5.74, 6) is -0.371. The molecule has 0 amide bonds. The molecule has 0 saturated heterocycles. The number of ketones is 2. The highest BCUT2D eigenvalue weighted by atomic mass is 16.1. The number of hydrogen-bond donors (Lipinski definition) is 0. The van der Waals surface area contributed by atoms with Gasteiger partial charge in [-0.05, 0) is 51.0 Å². The smallest absolute Gasteiger partial charge is 0.163 e. The first-order valence-corrected chi connectivity index (χ1v) is 5.56. The van der Waals surface area contributed by atoms with Gasteiger partial charge in [0.15, 0.2) is 11.6 Å². The molecule has 2 unspecified atom stereocenters. The van der Waals surface area contributed by atoms with Crippen LogP contribution in [0, 0.1) is 11.8 Å². The fraction of sp³-hybridized carbons (Fsp3) is 0.429. The van der Waals surface area contributed by atoms with Gasteiger partial charge in [-0.3, -0.25) is 9.59 Å². The van der Waals surface area contributed by atoms with E-state index in [1.54, 1.807) is 0 Å². The second-order valence-electron chi connectivity index (χ2n) is 4.71. The monoisotopic (exact) mass is 216 g/mol. The van der Waals surface area contributed by atoms with Crippen LogP contribution < -0.4 is 0 Å². The quantitative estimate of drug-likeness (QED) is 0.623. The fourth-order valence-electron chi connectivity index (χ4n) is 2.68. The average Bonchev–Trinajstić information content (AvgIpc) is 2.26. The van der Waals surface area contributed by atoms with Crippen LogP contribution in [0.15, 0.2) is 34.4 Å². The molecule has 0 radical (unpaired) electrons. The normalized spacial score (nSPS) is 30.0. The molecule has 0 bridgehead atoms. The van der Waals surface area contributed by atoms with E-state index in [1.807, 2.05) is 27.7 Å². The zero-order valence-electron chi connectivity index (χ0n) is 10.1. The van der Waals surface area contributed by atoms with Crippen LogP contribution in [0.4, 0.5) is 0 Å². The van der Waals surface area contributed by atoms with Gasteiger partial charge in [-0.1, -0.05) is 11.1 Å². The third-order valence-electron chi connectivity index (χ3n) is 4.04. The van der Waals surface area contributed by atoms with E-state index < -0.39 is 0 Å². The van der Waals surface area contributed by atoms with E-state index in [9.17, 15) is 9.59 Å². The number of fused-ring (bicyclic) bond motifs is 1. The molecule has 16 heavy (non-hydrogen) atoms. The van der Waals surface area contributed by atoms with E-state index in [4.69, 9.17) is 0 Å². The van der Waals surface area contributed by atoms with E-state index in [1.165, 1.54) is 12.2 Å². The van der Waals surface area contributed by atoms with Gasteiger partial charge < -0.3 is 0 Å². The zero-order valence-corrected chi connectivity index (χ0v) is 10.1. The Labute approximate surface area is 95.7 Å². The molecule has 2 rings (SSSR count). The minimum atomic E-state index is -0.249. The van der Waals surface area contributed by atoms with Crippen LogP contribution in [-0.2, 0) is 9.59 Å². The number of hydrogen-bond acceptors (Lipinski definition) is 2. The molecule has 2 nitrogen and oxygen atoms in total. The molecule has 0 N–H and O–H groups in total. The molecule has 0 heterocycles. The first kappa shape index (κ1) is 11.1. The number of carbonyl (C=O) groups is 2. The fourth-order valence-corrected chi connectivity index (χ4v) is 2.68. The van der Waals surface area contributed by atoms with Gasteiger partial charge in [-0.15, -0.1) is 0 Å². The van der Waals surface area contributed by atoms with Gasteiger partial charge in [0, 0.05) is 0 Å². The maximum atomic E-state index is 11.9. The standard InChI is InChI=1S/C14H16O2/c1-7-8(2)10(4)14-12(16)6-5-11(15)13(14)9(7)3/h5-6,13-14H,1-4H3. The summed E-state index contributed by atoms with van der Waals surface area (Å²) in [6.07, 6.45) is 2.85. The highest BCUT2D eigenvalue weighted by Crippen LogP contribution is 2.41. The van der Waals surface area contributed by atoms with Crippen LogP contribution in [-0.4, -0.2) is 11.6 Å². The lowest BCUT2D eigenvalue weighted by Gasteiger charge is -2.34. The first-order chi connectivity index (χ1) is 7.45. The molecule has 0 aliphatic heterocycles. The third-order valence-corrected chi connectivity index (χ3v) is 4.04. The first-order valence-electron chi connectivity index (χ1n) is 5.56.